The van der Waals surface area contributed by atoms with Crippen LogP contribution in [0.15, 0.2) is 36.7 Å². The van der Waals surface area contributed by atoms with Crippen LogP contribution in [0.3, 0.4) is 0 Å². The molecule has 2 aromatic heterocycles. The largest absolute Gasteiger partial charge is 0.417 e. The Morgan fingerprint density at radius 2 is 1.97 bits per heavy atom. The minimum absolute atomic E-state index is 0.157. The van der Waals surface area contributed by atoms with Crippen LogP contribution in [-0.2, 0) is 18.0 Å². The highest BCUT2D eigenvalue weighted by Gasteiger charge is 2.33. The van der Waals surface area contributed by atoms with Crippen molar-refractivity contribution in [3.05, 3.63) is 52.8 Å². The van der Waals surface area contributed by atoms with Crippen molar-refractivity contribution in [2.75, 3.05) is 31.6 Å². The number of nitrogens with one attached hydrogen (secondary N) is 1. The van der Waals surface area contributed by atoms with Crippen molar-refractivity contribution in [3.63, 3.8) is 0 Å². The summed E-state index contributed by atoms with van der Waals surface area (Å²) in [6, 6.07) is 5.33. The summed E-state index contributed by atoms with van der Waals surface area (Å²) in [5.74, 6) is 0.189. The lowest BCUT2D eigenvalue weighted by Gasteiger charge is -2.27. The molecule has 4 rings (SSSR count). The number of carbonyl (C=O) groups is 1. The van der Waals surface area contributed by atoms with Gasteiger partial charge in [-0.15, -0.1) is 0 Å². The number of halogens is 4. The fourth-order valence-corrected chi connectivity index (χ4v) is 3.69. The lowest BCUT2D eigenvalue weighted by Crippen LogP contribution is -2.40. The zero-order chi connectivity index (χ0) is 21.5. The smallest absolute Gasteiger partial charge is 0.378 e. The summed E-state index contributed by atoms with van der Waals surface area (Å²) in [7, 11) is 1.80. The number of fused-ring (bicyclic) bond motifs is 1. The molecule has 1 aromatic carbocycles. The highest BCUT2D eigenvalue weighted by atomic mass is 35.5. The third-order valence-electron chi connectivity index (χ3n) is 4.97. The zero-order valence-corrected chi connectivity index (χ0v) is 16.7. The number of alkyl halides is 3. The molecule has 158 valence electrons. The number of aromatic nitrogens is 2. The summed E-state index contributed by atoms with van der Waals surface area (Å²) < 4.78 is 46.6. The van der Waals surface area contributed by atoms with Crippen LogP contribution in [0.1, 0.15) is 15.9 Å². The van der Waals surface area contributed by atoms with Crippen molar-refractivity contribution >= 4 is 39.9 Å². The first kappa shape index (κ1) is 20.5. The molecule has 1 aliphatic rings. The van der Waals surface area contributed by atoms with E-state index in [9.17, 15) is 18.0 Å². The summed E-state index contributed by atoms with van der Waals surface area (Å²) in [5.41, 5.74) is 0.334. The predicted octanol–water partition coefficient (Wildman–Crippen LogP) is 4.46. The van der Waals surface area contributed by atoms with Gasteiger partial charge in [-0.05, 0) is 24.3 Å². The van der Waals surface area contributed by atoms with E-state index in [-0.39, 0.29) is 16.6 Å². The summed E-state index contributed by atoms with van der Waals surface area (Å²) in [6.07, 6.45) is -1.35. The molecule has 0 radical (unpaired) electrons. The number of aryl methyl sites for hydroxylation is 1. The predicted molar refractivity (Wildman–Crippen MR) is 107 cm³/mol. The quantitative estimate of drug-likeness (QED) is 0.656. The molecule has 0 bridgehead atoms. The Hall–Kier alpha value is -2.78. The summed E-state index contributed by atoms with van der Waals surface area (Å²) in [4.78, 5) is 19.0. The third kappa shape index (κ3) is 3.82. The second kappa shape index (κ2) is 7.81. The van der Waals surface area contributed by atoms with Gasteiger partial charge in [-0.1, -0.05) is 11.6 Å². The molecule has 30 heavy (non-hydrogen) atoms. The molecular weight excluding hydrogens is 421 g/mol. The second-order valence-corrected chi connectivity index (χ2v) is 7.34. The molecule has 1 fully saturated rings. The highest BCUT2D eigenvalue weighted by Crippen LogP contribution is 2.37. The van der Waals surface area contributed by atoms with Crippen LogP contribution in [0.25, 0.3) is 10.9 Å². The monoisotopic (exact) mass is 438 g/mol. The minimum Gasteiger partial charge on any atom is -0.378 e. The van der Waals surface area contributed by atoms with Gasteiger partial charge in [0.05, 0.1) is 34.9 Å². The number of hydrogen-bond acceptors (Lipinski definition) is 4. The van der Waals surface area contributed by atoms with Crippen molar-refractivity contribution in [1.82, 2.24) is 14.5 Å². The van der Waals surface area contributed by atoms with Crippen LogP contribution in [0.4, 0.5) is 24.7 Å². The van der Waals surface area contributed by atoms with Crippen molar-refractivity contribution in [1.29, 1.82) is 0 Å². The molecule has 1 N–H and O–H groups in total. The number of rotatable bonds is 3. The number of pyridine rings is 1. The number of amides is 1. The van der Waals surface area contributed by atoms with Crippen molar-refractivity contribution < 1.29 is 22.7 Å². The molecule has 3 aromatic rings. The van der Waals surface area contributed by atoms with Crippen LogP contribution in [0.5, 0.6) is 0 Å². The first-order valence-corrected chi connectivity index (χ1v) is 9.58. The molecule has 1 aliphatic heterocycles. The number of benzene rings is 1. The van der Waals surface area contributed by atoms with E-state index >= 15 is 0 Å². The van der Waals surface area contributed by atoms with Gasteiger partial charge in [-0.25, -0.2) is 4.98 Å². The molecular formula is C20H18ClF3N4O2. The van der Waals surface area contributed by atoms with E-state index in [0.717, 1.165) is 6.07 Å². The van der Waals surface area contributed by atoms with E-state index in [1.807, 2.05) is 0 Å². The molecule has 1 amide bonds. The number of anilines is 2. The van der Waals surface area contributed by atoms with E-state index < -0.39 is 11.7 Å². The van der Waals surface area contributed by atoms with Crippen molar-refractivity contribution in [2.45, 2.75) is 6.18 Å². The lowest BCUT2D eigenvalue weighted by atomic mass is 10.1. The number of nitrogens with zero attached hydrogens (tertiary/aromatic N) is 3. The van der Waals surface area contributed by atoms with Gasteiger partial charge >= 0.3 is 6.18 Å². The first-order valence-electron chi connectivity index (χ1n) is 9.20. The van der Waals surface area contributed by atoms with E-state index in [4.69, 9.17) is 16.3 Å². The maximum absolute atomic E-state index is 13.2. The highest BCUT2D eigenvalue weighted by molar-refractivity contribution is 6.31. The van der Waals surface area contributed by atoms with Gasteiger partial charge in [0.25, 0.3) is 5.91 Å². The van der Waals surface area contributed by atoms with Crippen molar-refractivity contribution in [2.24, 2.45) is 7.05 Å². The van der Waals surface area contributed by atoms with Crippen LogP contribution in [-0.4, -0.2) is 46.7 Å². The second-order valence-electron chi connectivity index (χ2n) is 6.93. The van der Waals surface area contributed by atoms with Gasteiger partial charge in [0, 0.05) is 43.6 Å². The fraction of sp³-hybridized carbons (Fsp3) is 0.300. The summed E-state index contributed by atoms with van der Waals surface area (Å²) in [6.45, 7) is 1.95. The van der Waals surface area contributed by atoms with Gasteiger partial charge in [0.2, 0.25) is 0 Å². The normalized spacial score (nSPS) is 14.9. The average molecular weight is 439 g/mol. The Morgan fingerprint density at radius 3 is 2.67 bits per heavy atom. The molecule has 6 nitrogen and oxygen atoms in total. The standard InChI is InChI=1S/C20H18ClF3N4O2/c1-27-5-4-13-17(27)14(19(29)28-6-8-30-9-7-28)11-25-18(13)26-12-2-3-16(21)15(10-12)20(22,23)24/h2-5,10-11H,6-9H2,1H3,(H,25,26). The van der Waals surface area contributed by atoms with E-state index in [0.29, 0.717) is 48.6 Å². The van der Waals surface area contributed by atoms with E-state index in [1.54, 1.807) is 28.8 Å². The van der Waals surface area contributed by atoms with Crippen molar-refractivity contribution in [3.8, 4) is 0 Å². The van der Waals surface area contributed by atoms with E-state index in [1.165, 1.54) is 18.3 Å². The topological polar surface area (TPSA) is 59.4 Å². The third-order valence-corrected chi connectivity index (χ3v) is 5.30. The first-order chi connectivity index (χ1) is 14.3. The zero-order valence-electron chi connectivity index (χ0n) is 16.0. The van der Waals surface area contributed by atoms with Gasteiger partial charge in [-0.2, -0.15) is 13.2 Å². The number of ether oxygens (including phenoxy) is 1. The lowest BCUT2D eigenvalue weighted by molar-refractivity contribution is -0.137. The SMILES string of the molecule is Cn1ccc2c(Nc3ccc(Cl)c(C(F)(F)F)c3)ncc(C(=O)N3CCOCC3)c21. The molecule has 3 heterocycles. The van der Waals surface area contributed by atoms with Crippen LogP contribution in [0, 0.1) is 0 Å². The van der Waals surface area contributed by atoms with Crippen LogP contribution >= 0.6 is 11.6 Å². The average Bonchev–Trinajstić information content (AvgIpc) is 3.11. The number of morpholine rings is 1. The number of hydrogen-bond donors (Lipinski definition) is 1. The summed E-state index contributed by atoms with van der Waals surface area (Å²) >= 11 is 5.69. The molecule has 10 heteroatoms. The number of carbonyl (C=O) groups excluding carboxylic acids is 1. The Labute approximate surface area is 175 Å². The van der Waals surface area contributed by atoms with Gasteiger partial charge in [-0.3, -0.25) is 4.79 Å². The molecule has 1 saturated heterocycles. The van der Waals surface area contributed by atoms with Gasteiger partial charge in [0.15, 0.2) is 0 Å². The Morgan fingerprint density at radius 1 is 1.23 bits per heavy atom. The van der Waals surface area contributed by atoms with Crippen LogP contribution in [0.2, 0.25) is 5.02 Å². The fourth-order valence-electron chi connectivity index (χ4n) is 3.47. The molecule has 0 unspecified atom stereocenters. The minimum atomic E-state index is -4.57. The summed E-state index contributed by atoms with van der Waals surface area (Å²) in [5, 5.41) is 3.17. The Balaban J connectivity index is 1.71. The van der Waals surface area contributed by atoms with Gasteiger partial charge in [0.1, 0.15) is 5.82 Å². The van der Waals surface area contributed by atoms with Crippen LogP contribution < -0.4 is 5.32 Å². The molecule has 0 aliphatic carbocycles. The Bertz CT molecular complexity index is 1110. The van der Waals surface area contributed by atoms with Gasteiger partial charge < -0.3 is 19.5 Å². The molecule has 0 spiro atoms. The molecule has 0 atom stereocenters. The maximum Gasteiger partial charge on any atom is 0.417 e. The van der Waals surface area contributed by atoms with E-state index in [2.05, 4.69) is 10.3 Å². The maximum atomic E-state index is 13.2. The molecule has 0 saturated carbocycles. The Kier molecular flexibility index (Phi) is 5.33.